The number of rotatable bonds is 5. The lowest BCUT2D eigenvalue weighted by Gasteiger charge is -2.39. The van der Waals surface area contributed by atoms with Crippen LogP contribution in [0.5, 0.6) is 0 Å². The second-order valence-electron chi connectivity index (χ2n) is 7.32. The Balaban J connectivity index is 1.46. The molecule has 134 valence electrons. The number of nitrogens with zero attached hydrogens (tertiary/aromatic N) is 3. The van der Waals surface area contributed by atoms with Crippen LogP contribution in [0.2, 0.25) is 0 Å². The first-order chi connectivity index (χ1) is 12.1. The lowest BCUT2D eigenvalue weighted by molar-refractivity contribution is -0.128. The molecule has 1 aromatic rings. The van der Waals surface area contributed by atoms with E-state index in [2.05, 4.69) is 52.4 Å². The average molecular weight is 340 g/mol. The smallest absolute Gasteiger partial charge is 0.240 e. The number of benzene rings is 1. The molecule has 1 atom stereocenters. The minimum Gasteiger partial charge on any atom is -0.369 e. The Kier molecular flexibility index (Phi) is 5.60. The van der Waals surface area contributed by atoms with Gasteiger partial charge < -0.3 is 10.2 Å². The first kappa shape index (κ1) is 17.8. The van der Waals surface area contributed by atoms with Crippen LogP contribution in [-0.2, 0) is 4.79 Å². The van der Waals surface area contributed by atoms with Gasteiger partial charge in [0.25, 0.3) is 0 Å². The number of nitriles is 1. The normalized spacial score (nSPS) is 21.5. The van der Waals surface area contributed by atoms with Gasteiger partial charge in [-0.3, -0.25) is 9.69 Å². The summed E-state index contributed by atoms with van der Waals surface area (Å²) in [5, 5.41) is 12.5. The van der Waals surface area contributed by atoms with Crippen LogP contribution < -0.4 is 10.2 Å². The van der Waals surface area contributed by atoms with Crippen LogP contribution in [0, 0.1) is 16.7 Å². The van der Waals surface area contributed by atoms with Gasteiger partial charge in [-0.25, -0.2) is 0 Å². The third-order valence-electron chi connectivity index (χ3n) is 5.72. The van der Waals surface area contributed by atoms with Gasteiger partial charge in [0, 0.05) is 44.5 Å². The van der Waals surface area contributed by atoms with E-state index >= 15 is 0 Å². The number of hydrogen-bond donors (Lipinski definition) is 1. The van der Waals surface area contributed by atoms with Crippen molar-refractivity contribution in [2.45, 2.75) is 38.6 Å². The van der Waals surface area contributed by atoms with Crippen molar-refractivity contribution in [2.75, 3.05) is 37.6 Å². The fourth-order valence-corrected chi connectivity index (χ4v) is 3.97. The molecule has 2 aliphatic rings. The van der Waals surface area contributed by atoms with Crippen LogP contribution in [-0.4, -0.2) is 49.6 Å². The Labute approximate surface area is 150 Å². The molecule has 0 aromatic heterocycles. The zero-order chi connectivity index (χ0) is 17.7. The molecule has 3 rings (SSSR count). The van der Waals surface area contributed by atoms with Crippen LogP contribution in [0.15, 0.2) is 30.3 Å². The van der Waals surface area contributed by atoms with Gasteiger partial charge in [-0.1, -0.05) is 31.0 Å². The molecule has 1 saturated heterocycles. The molecule has 2 fully saturated rings. The van der Waals surface area contributed by atoms with Crippen molar-refractivity contribution >= 4 is 11.6 Å². The van der Waals surface area contributed by atoms with Gasteiger partial charge in [0.05, 0.1) is 6.07 Å². The molecule has 1 aromatic carbocycles. The number of piperazine rings is 1. The number of carbonyl (C=O) groups is 1. The minimum absolute atomic E-state index is 0.0673. The number of hydrogen-bond acceptors (Lipinski definition) is 4. The van der Waals surface area contributed by atoms with Crippen LogP contribution in [0.3, 0.4) is 0 Å². The molecule has 1 aliphatic carbocycles. The second-order valence-corrected chi connectivity index (χ2v) is 7.32. The second kappa shape index (κ2) is 7.88. The minimum atomic E-state index is -0.772. The summed E-state index contributed by atoms with van der Waals surface area (Å²) in [5.74, 6) is -0.0673. The van der Waals surface area contributed by atoms with E-state index in [4.69, 9.17) is 0 Å². The molecule has 1 N–H and O–H groups in total. The maximum Gasteiger partial charge on any atom is 0.240 e. The van der Waals surface area contributed by atoms with E-state index in [9.17, 15) is 10.1 Å². The molecule has 5 heteroatoms. The van der Waals surface area contributed by atoms with E-state index in [0.717, 1.165) is 39.0 Å². The Morgan fingerprint density at radius 1 is 1.20 bits per heavy atom. The lowest BCUT2D eigenvalue weighted by Crippen LogP contribution is -2.53. The summed E-state index contributed by atoms with van der Waals surface area (Å²) in [6.07, 6.45) is 3.38. The van der Waals surface area contributed by atoms with Gasteiger partial charge in [0.15, 0.2) is 0 Å². The van der Waals surface area contributed by atoms with Crippen LogP contribution in [0.1, 0.15) is 32.6 Å². The molecule has 0 spiro atoms. The number of carbonyl (C=O) groups excluding carboxylic acids is 1. The fourth-order valence-electron chi connectivity index (χ4n) is 3.97. The Bertz CT molecular complexity index is 610. The SMILES string of the molecule is C[C@H](CNC(=O)C1(C#N)CCCC1)N1CCN(c2ccccc2)CC1. The van der Waals surface area contributed by atoms with Crippen molar-refractivity contribution in [1.82, 2.24) is 10.2 Å². The van der Waals surface area contributed by atoms with Gasteiger partial charge in [0.2, 0.25) is 5.91 Å². The molecule has 1 saturated carbocycles. The molecule has 1 heterocycles. The Morgan fingerprint density at radius 3 is 2.44 bits per heavy atom. The molecule has 25 heavy (non-hydrogen) atoms. The molecule has 1 amide bonds. The van der Waals surface area contributed by atoms with Gasteiger partial charge in [0.1, 0.15) is 5.41 Å². The third-order valence-corrected chi connectivity index (χ3v) is 5.72. The number of para-hydroxylation sites is 1. The number of nitrogens with one attached hydrogen (secondary N) is 1. The summed E-state index contributed by atoms with van der Waals surface area (Å²) in [7, 11) is 0. The van der Waals surface area contributed by atoms with Crippen molar-refractivity contribution in [1.29, 1.82) is 5.26 Å². The van der Waals surface area contributed by atoms with E-state index in [1.807, 2.05) is 6.07 Å². The highest BCUT2D eigenvalue weighted by Crippen LogP contribution is 2.37. The fraction of sp³-hybridized carbons (Fsp3) is 0.600. The highest BCUT2D eigenvalue weighted by Gasteiger charge is 2.41. The zero-order valence-corrected chi connectivity index (χ0v) is 15.1. The summed E-state index contributed by atoms with van der Waals surface area (Å²) in [6, 6.07) is 13.1. The van der Waals surface area contributed by atoms with E-state index in [1.165, 1.54) is 5.69 Å². The van der Waals surface area contributed by atoms with E-state index in [-0.39, 0.29) is 5.91 Å². The van der Waals surface area contributed by atoms with Gasteiger partial charge in [-0.15, -0.1) is 0 Å². The van der Waals surface area contributed by atoms with Crippen LogP contribution >= 0.6 is 0 Å². The summed E-state index contributed by atoms with van der Waals surface area (Å²) in [5.41, 5.74) is 0.506. The van der Waals surface area contributed by atoms with E-state index < -0.39 is 5.41 Å². The standard InChI is InChI=1S/C20H28N4O/c1-17(15-22-19(25)20(16-21)9-5-6-10-20)23-11-13-24(14-12-23)18-7-3-2-4-8-18/h2-4,7-8,17H,5-6,9-15H2,1H3,(H,22,25)/t17-/m1/s1. The Hall–Kier alpha value is -2.06. The predicted octanol–water partition coefficient (Wildman–Crippen LogP) is 2.40. The number of anilines is 1. The first-order valence-corrected chi connectivity index (χ1v) is 9.38. The maximum atomic E-state index is 12.5. The van der Waals surface area contributed by atoms with Crippen molar-refractivity contribution in [3.63, 3.8) is 0 Å². The number of amides is 1. The topological polar surface area (TPSA) is 59.4 Å². The molecule has 0 radical (unpaired) electrons. The largest absolute Gasteiger partial charge is 0.369 e. The van der Waals surface area contributed by atoms with Gasteiger partial charge in [-0.05, 0) is 31.9 Å². The Morgan fingerprint density at radius 2 is 1.84 bits per heavy atom. The van der Waals surface area contributed by atoms with Gasteiger partial charge in [-0.2, -0.15) is 5.26 Å². The summed E-state index contributed by atoms with van der Waals surface area (Å²) in [4.78, 5) is 17.3. The van der Waals surface area contributed by atoms with Crippen molar-refractivity contribution < 1.29 is 4.79 Å². The zero-order valence-electron chi connectivity index (χ0n) is 15.1. The average Bonchev–Trinajstić information content (AvgIpc) is 3.17. The maximum absolute atomic E-state index is 12.5. The molecule has 5 nitrogen and oxygen atoms in total. The van der Waals surface area contributed by atoms with E-state index in [0.29, 0.717) is 25.4 Å². The van der Waals surface area contributed by atoms with Crippen molar-refractivity contribution in [3.05, 3.63) is 30.3 Å². The molecule has 1 aliphatic heterocycles. The van der Waals surface area contributed by atoms with Gasteiger partial charge >= 0.3 is 0 Å². The quantitative estimate of drug-likeness (QED) is 0.894. The highest BCUT2D eigenvalue weighted by molar-refractivity contribution is 5.85. The molecule has 0 unspecified atom stereocenters. The van der Waals surface area contributed by atoms with Crippen LogP contribution in [0.4, 0.5) is 5.69 Å². The monoisotopic (exact) mass is 340 g/mol. The predicted molar refractivity (Wildman–Crippen MR) is 99.2 cm³/mol. The van der Waals surface area contributed by atoms with Crippen molar-refractivity contribution in [2.24, 2.45) is 5.41 Å². The first-order valence-electron chi connectivity index (χ1n) is 9.38. The molecule has 0 bridgehead atoms. The molecular formula is C20H28N4O. The third kappa shape index (κ3) is 3.96. The van der Waals surface area contributed by atoms with Crippen LogP contribution in [0.25, 0.3) is 0 Å². The summed E-state index contributed by atoms with van der Waals surface area (Å²) >= 11 is 0. The van der Waals surface area contributed by atoms with Crippen molar-refractivity contribution in [3.8, 4) is 6.07 Å². The molecular weight excluding hydrogens is 312 g/mol. The summed E-state index contributed by atoms with van der Waals surface area (Å²) in [6.45, 7) is 6.78. The highest BCUT2D eigenvalue weighted by atomic mass is 16.2. The lowest BCUT2D eigenvalue weighted by atomic mass is 9.87. The summed E-state index contributed by atoms with van der Waals surface area (Å²) < 4.78 is 0. The van der Waals surface area contributed by atoms with E-state index in [1.54, 1.807) is 0 Å².